The lowest BCUT2D eigenvalue weighted by Gasteiger charge is -2.44. The highest BCUT2D eigenvalue weighted by atomic mass is 19.1. The summed E-state index contributed by atoms with van der Waals surface area (Å²) >= 11 is 0. The molecule has 3 aliphatic rings. The van der Waals surface area contributed by atoms with Crippen molar-refractivity contribution in [2.45, 2.75) is 63.5 Å². The van der Waals surface area contributed by atoms with Crippen molar-refractivity contribution in [3.63, 3.8) is 0 Å². The molecule has 2 N–H and O–H groups in total. The number of amides is 1. The normalized spacial score (nSPS) is 35.0. The van der Waals surface area contributed by atoms with E-state index in [2.05, 4.69) is 4.90 Å². The van der Waals surface area contributed by atoms with Gasteiger partial charge in [-0.05, 0) is 74.5 Å². The Bertz CT molecular complexity index is 620. The molecule has 0 aromatic heterocycles. The molecule has 2 bridgehead atoms. The minimum absolute atomic E-state index is 0.156. The lowest BCUT2D eigenvalue weighted by Crippen LogP contribution is -2.50. The van der Waals surface area contributed by atoms with Gasteiger partial charge in [0.15, 0.2) is 0 Å². The first kappa shape index (κ1) is 17.0. The predicted octanol–water partition coefficient (Wildman–Crippen LogP) is 3.51. The van der Waals surface area contributed by atoms with E-state index in [-0.39, 0.29) is 17.8 Å². The van der Waals surface area contributed by atoms with Gasteiger partial charge in [0.25, 0.3) is 0 Å². The molecule has 1 saturated heterocycles. The van der Waals surface area contributed by atoms with E-state index in [9.17, 15) is 9.18 Å². The highest BCUT2D eigenvalue weighted by molar-refractivity contribution is 5.79. The molecule has 3 atom stereocenters. The van der Waals surface area contributed by atoms with Crippen molar-refractivity contribution < 1.29 is 9.18 Å². The number of carbonyl (C=O) groups is 1. The molecule has 0 spiro atoms. The van der Waals surface area contributed by atoms with Gasteiger partial charge in [0.1, 0.15) is 5.82 Å². The van der Waals surface area contributed by atoms with E-state index < -0.39 is 0 Å². The van der Waals surface area contributed by atoms with Crippen molar-refractivity contribution >= 4 is 5.91 Å². The second-order valence-corrected chi connectivity index (χ2v) is 8.36. The van der Waals surface area contributed by atoms with Gasteiger partial charge in [0.05, 0.1) is 0 Å². The smallest absolute Gasteiger partial charge is 0.225 e. The Morgan fingerprint density at radius 3 is 2.64 bits per heavy atom. The van der Waals surface area contributed by atoms with E-state index in [4.69, 9.17) is 5.73 Å². The first-order chi connectivity index (χ1) is 12.1. The Balaban J connectivity index is 1.44. The highest BCUT2D eigenvalue weighted by Crippen LogP contribution is 2.43. The maximum Gasteiger partial charge on any atom is 0.225 e. The summed E-state index contributed by atoms with van der Waals surface area (Å²) in [5, 5.41) is 0. The zero-order valence-electron chi connectivity index (χ0n) is 14.9. The maximum atomic E-state index is 13.5. The van der Waals surface area contributed by atoms with Gasteiger partial charge in [0, 0.05) is 24.5 Å². The summed E-state index contributed by atoms with van der Waals surface area (Å²) in [4.78, 5) is 15.3. The minimum Gasteiger partial charge on any atom is -0.339 e. The standard InChI is InChI=1S/C21H29FN2O/c22-18-7-1-4-14(10-18)11-19-8-3-9-24(19)21(25)17-12-15-5-2-6-16(13-17)20(15)23/h1,4,7,10,15-17,19-20H,2-3,5-6,8-9,11-13,23H2. The summed E-state index contributed by atoms with van der Waals surface area (Å²) in [6, 6.07) is 7.34. The number of rotatable bonds is 3. The SMILES string of the molecule is NC1C2CCCC1CC(C(=O)N1CCCC1Cc1cccc(F)c1)C2. The number of hydrogen-bond donors (Lipinski definition) is 1. The zero-order valence-corrected chi connectivity index (χ0v) is 14.9. The van der Waals surface area contributed by atoms with E-state index in [0.717, 1.165) is 44.2 Å². The predicted molar refractivity (Wildman–Crippen MR) is 96.4 cm³/mol. The number of nitrogens with two attached hydrogens (primary N) is 1. The molecule has 1 aromatic rings. The van der Waals surface area contributed by atoms with Gasteiger partial charge >= 0.3 is 0 Å². The Hall–Kier alpha value is -1.42. The van der Waals surface area contributed by atoms with E-state index in [1.165, 1.54) is 25.3 Å². The number of likely N-dealkylation sites (tertiary alicyclic amines) is 1. The van der Waals surface area contributed by atoms with Crippen LogP contribution in [0.2, 0.25) is 0 Å². The number of hydrogen-bond acceptors (Lipinski definition) is 2. The van der Waals surface area contributed by atoms with Crippen LogP contribution in [0.25, 0.3) is 0 Å². The number of nitrogens with zero attached hydrogens (tertiary/aromatic N) is 1. The van der Waals surface area contributed by atoms with Gasteiger partial charge in [-0.1, -0.05) is 18.6 Å². The molecule has 25 heavy (non-hydrogen) atoms. The van der Waals surface area contributed by atoms with Crippen LogP contribution in [0.3, 0.4) is 0 Å². The molecule has 2 aliphatic carbocycles. The third-order valence-electron chi connectivity index (χ3n) is 6.78. The second-order valence-electron chi connectivity index (χ2n) is 8.36. The Labute approximate surface area is 149 Å². The van der Waals surface area contributed by atoms with Crippen LogP contribution < -0.4 is 5.73 Å². The fraction of sp³-hybridized carbons (Fsp3) is 0.667. The molecule has 1 heterocycles. The van der Waals surface area contributed by atoms with Crippen LogP contribution in [-0.2, 0) is 11.2 Å². The van der Waals surface area contributed by atoms with E-state index in [1.54, 1.807) is 12.1 Å². The largest absolute Gasteiger partial charge is 0.339 e. The van der Waals surface area contributed by atoms with Crippen LogP contribution in [0.15, 0.2) is 24.3 Å². The van der Waals surface area contributed by atoms with Crippen LogP contribution in [0.1, 0.15) is 50.5 Å². The van der Waals surface area contributed by atoms with Gasteiger partial charge < -0.3 is 10.6 Å². The molecule has 0 radical (unpaired) electrons. The fourth-order valence-corrected chi connectivity index (χ4v) is 5.50. The summed E-state index contributed by atoms with van der Waals surface area (Å²) < 4.78 is 13.5. The van der Waals surface area contributed by atoms with Crippen molar-refractivity contribution in [3.05, 3.63) is 35.6 Å². The van der Waals surface area contributed by atoms with Crippen LogP contribution in [-0.4, -0.2) is 29.4 Å². The minimum atomic E-state index is -0.192. The molecular weight excluding hydrogens is 315 g/mol. The first-order valence-corrected chi connectivity index (χ1v) is 9.92. The molecule has 3 nitrogen and oxygen atoms in total. The van der Waals surface area contributed by atoms with Crippen LogP contribution in [0.5, 0.6) is 0 Å². The summed E-state index contributed by atoms with van der Waals surface area (Å²) in [6.07, 6.45) is 8.45. The van der Waals surface area contributed by atoms with Gasteiger partial charge in [-0.25, -0.2) is 4.39 Å². The van der Waals surface area contributed by atoms with Crippen molar-refractivity contribution in [2.24, 2.45) is 23.5 Å². The summed E-state index contributed by atoms with van der Waals surface area (Å²) in [5.74, 6) is 1.37. The summed E-state index contributed by atoms with van der Waals surface area (Å²) in [5.41, 5.74) is 7.38. The summed E-state index contributed by atoms with van der Waals surface area (Å²) in [7, 11) is 0. The Morgan fingerprint density at radius 2 is 1.92 bits per heavy atom. The average molecular weight is 344 g/mol. The third-order valence-corrected chi connectivity index (χ3v) is 6.78. The topological polar surface area (TPSA) is 46.3 Å². The van der Waals surface area contributed by atoms with E-state index in [0.29, 0.717) is 23.8 Å². The maximum absolute atomic E-state index is 13.5. The van der Waals surface area contributed by atoms with E-state index in [1.807, 2.05) is 6.07 Å². The van der Waals surface area contributed by atoms with Crippen molar-refractivity contribution in [1.29, 1.82) is 0 Å². The number of halogens is 1. The second kappa shape index (κ2) is 7.06. The molecule has 4 heteroatoms. The average Bonchev–Trinajstić information content (AvgIpc) is 3.02. The molecule has 1 aliphatic heterocycles. The van der Waals surface area contributed by atoms with Gasteiger partial charge in [-0.15, -0.1) is 0 Å². The van der Waals surface area contributed by atoms with Crippen LogP contribution in [0, 0.1) is 23.6 Å². The van der Waals surface area contributed by atoms with Crippen molar-refractivity contribution in [2.75, 3.05) is 6.54 Å². The van der Waals surface area contributed by atoms with Crippen molar-refractivity contribution in [1.82, 2.24) is 4.90 Å². The van der Waals surface area contributed by atoms with Crippen LogP contribution >= 0.6 is 0 Å². The molecule has 4 rings (SSSR count). The number of carbonyl (C=O) groups excluding carboxylic acids is 1. The molecular formula is C21H29FN2O. The molecule has 3 fully saturated rings. The lowest BCUT2D eigenvalue weighted by atomic mass is 9.65. The molecule has 1 amide bonds. The zero-order chi connectivity index (χ0) is 17.4. The third kappa shape index (κ3) is 3.46. The number of fused-ring (bicyclic) bond motifs is 2. The van der Waals surface area contributed by atoms with Crippen LogP contribution in [0.4, 0.5) is 4.39 Å². The molecule has 2 saturated carbocycles. The van der Waals surface area contributed by atoms with Gasteiger partial charge in [0.2, 0.25) is 5.91 Å². The molecule has 3 unspecified atom stereocenters. The van der Waals surface area contributed by atoms with Gasteiger partial charge in [-0.3, -0.25) is 4.79 Å². The monoisotopic (exact) mass is 344 g/mol. The number of benzene rings is 1. The van der Waals surface area contributed by atoms with Crippen molar-refractivity contribution in [3.8, 4) is 0 Å². The van der Waals surface area contributed by atoms with E-state index >= 15 is 0 Å². The Morgan fingerprint density at radius 1 is 1.16 bits per heavy atom. The quantitative estimate of drug-likeness (QED) is 0.912. The first-order valence-electron chi connectivity index (χ1n) is 9.92. The fourth-order valence-electron chi connectivity index (χ4n) is 5.50. The molecule has 136 valence electrons. The Kier molecular flexibility index (Phi) is 4.81. The summed E-state index contributed by atoms with van der Waals surface area (Å²) in [6.45, 7) is 0.858. The van der Waals surface area contributed by atoms with Gasteiger partial charge in [-0.2, -0.15) is 0 Å². The lowest BCUT2D eigenvalue weighted by molar-refractivity contribution is -0.139. The highest BCUT2D eigenvalue weighted by Gasteiger charge is 2.43. The molecule has 1 aromatic carbocycles.